The van der Waals surface area contributed by atoms with Crippen LogP contribution in [0, 0.1) is 0 Å². The van der Waals surface area contributed by atoms with E-state index in [4.69, 9.17) is 21.1 Å². The van der Waals surface area contributed by atoms with Crippen LogP contribution in [0.15, 0.2) is 29.8 Å². The lowest BCUT2D eigenvalue weighted by atomic mass is 10.2. The van der Waals surface area contributed by atoms with Gasteiger partial charge in [-0.1, -0.05) is 31.5 Å². The molecule has 1 N–H and O–H groups in total. The third-order valence-electron chi connectivity index (χ3n) is 2.45. The first kappa shape index (κ1) is 15.9. The van der Waals surface area contributed by atoms with Gasteiger partial charge < -0.3 is 14.8 Å². The zero-order valence-corrected chi connectivity index (χ0v) is 12.5. The van der Waals surface area contributed by atoms with Crippen molar-refractivity contribution < 1.29 is 9.47 Å². The molecule has 0 aliphatic carbocycles. The highest BCUT2D eigenvalue weighted by Crippen LogP contribution is 2.28. The van der Waals surface area contributed by atoms with Crippen molar-refractivity contribution in [3.63, 3.8) is 0 Å². The van der Waals surface area contributed by atoms with E-state index in [1.54, 1.807) is 6.08 Å². The molecular formula is C15H22ClNO2. The smallest absolute Gasteiger partial charge is 0.161 e. The number of benzene rings is 1. The summed E-state index contributed by atoms with van der Waals surface area (Å²) >= 11 is 5.46. The maximum Gasteiger partial charge on any atom is 0.161 e. The van der Waals surface area contributed by atoms with Crippen LogP contribution in [0.25, 0.3) is 0 Å². The molecule has 0 atom stereocenters. The summed E-state index contributed by atoms with van der Waals surface area (Å²) in [5.41, 5.74) is 2.62. The van der Waals surface area contributed by atoms with E-state index in [1.165, 1.54) is 11.1 Å². The Hall–Kier alpha value is -1.19. The Bertz CT molecular complexity index is 405. The number of hydrogen-bond donors (Lipinski definition) is 1. The van der Waals surface area contributed by atoms with Gasteiger partial charge in [0.15, 0.2) is 11.5 Å². The van der Waals surface area contributed by atoms with E-state index in [2.05, 4.69) is 19.2 Å². The highest BCUT2D eigenvalue weighted by Gasteiger charge is 2.06. The summed E-state index contributed by atoms with van der Waals surface area (Å²) in [7, 11) is 0. The van der Waals surface area contributed by atoms with Gasteiger partial charge >= 0.3 is 0 Å². The molecule has 0 aromatic heterocycles. The van der Waals surface area contributed by atoms with Gasteiger partial charge in [0, 0.05) is 18.1 Å². The van der Waals surface area contributed by atoms with Crippen molar-refractivity contribution in [2.75, 3.05) is 13.2 Å². The molecule has 1 rings (SSSR count). The van der Waals surface area contributed by atoms with Gasteiger partial charge in [-0.25, -0.2) is 0 Å². The second-order valence-corrected chi connectivity index (χ2v) is 4.67. The summed E-state index contributed by atoms with van der Waals surface area (Å²) in [6.07, 6.45) is 1.74. The van der Waals surface area contributed by atoms with E-state index < -0.39 is 0 Å². The summed E-state index contributed by atoms with van der Waals surface area (Å²) in [6, 6.07) is 6.45. The fraction of sp³-hybridized carbons (Fsp3) is 0.467. The summed E-state index contributed by atoms with van der Waals surface area (Å²) in [5, 5.41) is 3.38. The Kier molecular flexibility index (Phi) is 7.38. The molecule has 1 aromatic rings. The molecule has 19 heavy (non-hydrogen) atoms. The standard InChI is InChI=1S/C15H22ClNO2/c1-4-18-15-10-13(11-17-12(2)3)6-7-14(15)19-9-5-8-16/h5-8,10,12,17H,4,9,11H2,1-3H3/b8-5+. The Balaban J connectivity index is 2.75. The molecule has 0 aliphatic rings. The lowest BCUT2D eigenvalue weighted by molar-refractivity contribution is 0.296. The van der Waals surface area contributed by atoms with E-state index in [-0.39, 0.29) is 0 Å². The number of halogens is 1. The monoisotopic (exact) mass is 283 g/mol. The molecule has 106 valence electrons. The van der Waals surface area contributed by atoms with Crippen molar-refractivity contribution in [2.45, 2.75) is 33.4 Å². The second kappa shape index (κ2) is 8.83. The van der Waals surface area contributed by atoms with E-state index in [0.29, 0.717) is 19.3 Å². The Labute approximate surface area is 120 Å². The number of ether oxygens (including phenoxy) is 2. The second-order valence-electron chi connectivity index (χ2n) is 4.42. The van der Waals surface area contributed by atoms with E-state index in [9.17, 15) is 0 Å². The van der Waals surface area contributed by atoms with Crippen LogP contribution in [0.3, 0.4) is 0 Å². The molecule has 0 amide bonds. The van der Waals surface area contributed by atoms with Gasteiger partial charge in [0.2, 0.25) is 0 Å². The minimum absolute atomic E-state index is 0.438. The van der Waals surface area contributed by atoms with Crippen LogP contribution < -0.4 is 14.8 Å². The molecule has 0 unspecified atom stereocenters. The van der Waals surface area contributed by atoms with Gasteiger partial charge in [-0.05, 0) is 30.7 Å². The third-order valence-corrected chi connectivity index (χ3v) is 2.62. The van der Waals surface area contributed by atoms with Gasteiger partial charge in [-0.15, -0.1) is 0 Å². The van der Waals surface area contributed by atoms with Crippen LogP contribution in [0.1, 0.15) is 26.3 Å². The topological polar surface area (TPSA) is 30.5 Å². The summed E-state index contributed by atoms with van der Waals surface area (Å²) in [6.45, 7) is 8.08. The van der Waals surface area contributed by atoms with Crippen LogP contribution in [0.5, 0.6) is 11.5 Å². The molecule has 0 fully saturated rings. The summed E-state index contributed by atoms with van der Waals surface area (Å²) in [4.78, 5) is 0. The lowest BCUT2D eigenvalue weighted by Gasteiger charge is -2.13. The largest absolute Gasteiger partial charge is 0.490 e. The van der Waals surface area contributed by atoms with Gasteiger partial charge in [0.05, 0.1) is 6.61 Å². The van der Waals surface area contributed by atoms with Crippen molar-refractivity contribution in [2.24, 2.45) is 0 Å². The van der Waals surface area contributed by atoms with Crippen molar-refractivity contribution >= 4 is 11.6 Å². The molecule has 1 aromatic carbocycles. The average molecular weight is 284 g/mol. The molecular weight excluding hydrogens is 262 g/mol. The predicted molar refractivity (Wildman–Crippen MR) is 80.1 cm³/mol. The molecule has 0 bridgehead atoms. The highest BCUT2D eigenvalue weighted by molar-refractivity contribution is 6.25. The summed E-state index contributed by atoms with van der Waals surface area (Å²) in [5.74, 6) is 1.51. The Morgan fingerprint density at radius 3 is 2.68 bits per heavy atom. The molecule has 0 saturated carbocycles. The van der Waals surface area contributed by atoms with Gasteiger partial charge in [-0.2, -0.15) is 0 Å². The van der Waals surface area contributed by atoms with Crippen LogP contribution in [0.2, 0.25) is 0 Å². The average Bonchev–Trinajstić information content (AvgIpc) is 2.39. The SMILES string of the molecule is CCOc1cc(CNC(C)C)ccc1OC/C=C/Cl. The van der Waals surface area contributed by atoms with Gasteiger partial charge in [0.1, 0.15) is 6.61 Å². The molecule has 0 radical (unpaired) electrons. The Morgan fingerprint density at radius 2 is 2.05 bits per heavy atom. The quantitative estimate of drug-likeness (QED) is 0.789. The van der Waals surface area contributed by atoms with Crippen molar-refractivity contribution in [3.8, 4) is 11.5 Å². The first-order chi connectivity index (χ1) is 9.17. The lowest BCUT2D eigenvalue weighted by Crippen LogP contribution is -2.21. The zero-order chi connectivity index (χ0) is 14.1. The molecule has 3 nitrogen and oxygen atoms in total. The van der Waals surface area contributed by atoms with Crippen molar-refractivity contribution in [1.29, 1.82) is 0 Å². The first-order valence-corrected chi connectivity index (χ1v) is 6.98. The fourth-order valence-electron chi connectivity index (χ4n) is 1.55. The fourth-order valence-corrected chi connectivity index (χ4v) is 1.62. The van der Waals surface area contributed by atoms with Crippen LogP contribution in [-0.4, -0.2) is 19.3 Å². The molecule has 0 spiro atoms. The third kappa shape index (κ3) is 5.99. The summed E-state index contributed by atoms with van der Waals surface area (Å²) < 4.78 is 11.2. The number of rotatable bonds is 8. The van der Waals surface area contributed by atoms with E-state index in [0.717, 1.165) is 18.0 Å². The maximum atomic E-state index is 5.61. The van der Waals surface area contributed by atoms with E-state index in [1.807, 2.05) is 25.1 Å². The normalized spacial score (nSPS) is 11.2. The van der Waals surface area contributed by atoms with Gasteiger partial charge in [0.25, 0.3) is 0 Å². The van der Waals surface area contributed by atoms with Gasteiger partial charge in [-0.3, -0.25) is 0 Å². The predicted octanol–water partition coefficient (Wildman–Crippen LogP) is 3.71. The molecule has 0 saturated heterocycles. The minimum atomic E-state index is 0.438. The highest BCUT2D eigenvalue weighted by atomic mass is 35.5. The van der Waals surface area contributed by atoms with Crippen molar-refractivity contribution in [3.05, 3.63) is 35.4 Å². The van der Waals surface area contributed by atoms with Crippen molar-refractivity contribution in [1.82, 2.24) is 5.32 Å². The number of nitrogens with one attached hydrogen (secondary N) is 1. The zero-order valence-electron chi connectivity index (χ0n) is 11.8. The van der Waals surface area contributed by atoms with Crippen LogP contribution >= 0.6 is 11.6 Å². The first-order valence-electron chi connectivity index (χ1n) is 6.54. The molecule has 0 aliphatic heterocycles. The minimum Gasteiger partial charge on any atom is -0.490 e. The molecule has 0 heterocycles. The Morgan fingerprint density at radius 1 is 1.26 bits per heavy atom. The number of hydrogen-bond acceptors (Lipinski definition) is 3. The van der Waals surface area contributed by atoms with Crippen LogP contribution in [0.4, 0.5) is 0 Å². The van der Waals surface area contributed by atoms with E-state index >= 15 is 0 Å². The molecule has 4 heteroatoms. The maximum absolute atomic E-state index is 5.61. The van der Waals surface area contributed by atoms with Crippen LogP contribution in [-0.2, 0) is 6.54 Å².